The highest BCUT2D eigenvalue weighted by Gasteiger charge is 2.38. The van der Waals surface area contributed by atoms with E-state index in [2.05, 4.69) is 5.32 Å². The van der Waals surface area contributed by atoms with E-state index in [0.29, 0.717) is 0 Å². The van der Waals surface area contributed by atoms with Gasteiger partial charge in [0.25, 0.3) is 0 Å². The molecule has 1 fully saturated rings. The number of thioether (sulfide) groups is 1. The quantitative estimate of drug-likeness (QED) is 0.800. The monoisotopic (exact) mass is 336 g/mol. The molecule has 1 aromatic rings. The Morgan fingerprint density at radius 2 is 1.91 bits per heavy atom. The van der Waals surface area contributed by atoms with Crippen molar-refractivity contribution in [2.24, 2.45) is 5.92 Å². The highest BCUT2D eigenvalue weighted by atomic mass is 32.2. The topological polar surface area (TPSA) is 86.7 Å². The predicted molar refractivity (Wildman–Crippen MR) is 88.5 cm³/mol. The number of carbonyl (C=O) groups is 3. The summed E-state index contributed by atoms with van der Waals surface area (Å²) in [6, 6.07) is 7.55. The fourth-order valence-corrected chi connectivity index (χ4v) is 2.77. The standard InChI is InChI=1S/C16H20N2O4S/c1-16(2,15(21)22)17-14(20)10-8-13(19)18(9-10)11-4-6-12(23-3)7-5-11/h4-7,10H,8-9H2,1-3H3,(H,17,20)(H,21,22). The molecule has 124 valence electrons. The summed E-state index contributed by atoms with van der Waals surface area (Å²) in [5.41, 5.74) is -0.603. The summed E-state index contributed by atoms with van der Waals surface area (Å²) < 4.78 is 0. The minimum Gasteiger partial charge on any atom is -0.480 e. The van der Waals surface area contributed by atoms with Crippen molar-refractivity contribution in [2.75, 3.05) is 17.7 Å². The van der Waals surface area contributed by atoms with Gasteiger partial charge >= 0.3 is 5.97 Å². The van der Waals surface area contributed by atoms with E-state index in [9.17, 15) is 14.4 Å². The molecule has 1 unspecified atom stereocenters. The van der Waals surface area contributed by atoms with Crippen molar-refractivity contribution in [2.45, 2.75) is 30.7 Å². The van der Waals surface area contributed by atoms with E-state index in [1.807, 2.05) is 30.5 Å². The van der Waals surface area contributed by atoms with Crippen LogP contribution < -0.4 is 10.2 Å². The summed E-state index contributed by atoms with van der Waals surface area (Å²) in [5.74, 6) is -2.19. The van der Waals surface area contributed by atoms with Gasteiger partial charge in [-0.3, -0.25) is 9.59 Å². The molecule has 1 saturated heterocycles. The lowest BCUT2D eigenvalue weighted by Gasteiger charge is -2.23. The van der Waals surface area contributed by atoms with Crippen LogP contribution in [0.1, 0.15) is 20.3 Å². The lowest BCUT2D eigenvalue weighted by Crippen LogP contribution is -2.51. The molecule has 6 nitrogen and oxygen atoms in total. The normalized spacial score (nSPS) is 18.1. The van der Waals surface area contributed by atoms with Crippen LogP contribution in [0, 0.1) is 5.92 Å². The number of benzene rings is 1. The average molecular weight is 336 g/mol. The van der Waals surface area contributed by atoms with Crippen LogP contribution in [0.25, 0.3) is 0 Å². The van der Waals surface area contributed by atoms with Crippen LogP contribution in [-0.2, 0) is 14.4 Å². The number of hydrogen-bond acceptors (Lipinski definition) is 4. The molecular formula is C16H20N2O4S. The maximum atomic E-state index is 12.2. The van der Waals surface area contributed by atoms with Crippen LogP contribution in [0.4, 0.5) is 5.69 Å². The fourth-order valence-electron chi connectivity index (χ4n) is 2.36. The van der Waals surface area contributed by atoms with Gasteiger partial charge in [0.2, 0.25) is 11.8 Å². The van der Waals surface area contributed by atoms with E-state index in [0.717, 1.165) is 10.6 Å². The summed E-state index contributed by atoms with van der Waals surface area (Å²) >= 11 is 1.61. The Morgan fingerprint density at radius 1 is 1.30 bits per heavy atom. The minimum atomic E-state index is -1.35. The zero-order valence-electron chi connectivity index (χ0n) is 13.3. The maximum absolute atomic E-state index is 12.2. The third kappa shape index (κ3) is 3.85. The van der Waals surface area contributed by atoms with Gasteiger partial charge in [0, 0.05) is 23.5 Å². The van der Waals surface area contributed by atoms with Crippen LogP contribution >= 0.6 is 11.8 Å². The maximum Gasteiger partial charge on any atom is 0.328 e. The Balaban J connectivity index is 2.07. The van der Waals surface area contributed by atoms with E-state index in [1.165, 1.54) is 13.8 Å². The molecule has 0 aromatic heterocycles. The second-order valence-corrected chi connectivity index (χ2v) is 6.90. The van der Waals surface area contributed by atoms with Gasteiger partial charge in [0.05, 0.1) is 5.92 Å². The predicted octanol–water partition coefficient (Wildman–Crippen LogP) is 1.74. The molecule has 1 aliphatic rings. The van der Waals surface area contributed by atoms with Gasteiger partial charge in [-0.25, -0.2) is 4.79 Å². The van der Waals surface area contributed by atoms with Crippen molar-refractivity contribution in [1.29, 1.82) is 0 Å². The summed E-state index contributed by atoms with van der Waals surface area (Å²) in [4.78, 5) is 38.2. The summed E-state index contributed by atoms with van der Waals surface area (Å²) in [6.45, 7) is 3.10. The highest BCUT2D eigenvalue weighted by Crippen LogP contribution is 2.27. The fraction of sp³-hybridized carbons (Fsp3) is 0.438. The van der Waals surface area contributed by atoms with E-state index >= 15 is 0 Å². The molecule has 2 amide bonds. The Hall–Kier alpha value is -2.02. The number of carbonyl (C=O) groups excluding carboxylic acids is 2. The lowest BCUT2D eigenvalue weighted by atomic mass is 10.0. The Labute approximate surface area is 139 Å². The van der Waals surface area contributed by atoms with Crippen LogP contribution in [-0.4, -0.2) is 41.2 Å². The van der Waals surface area contributed by atoms with Gasteiger partial charge in [0.15, 0.2) is 0 Å². The number of carboxylic acids is 1. The first-order valence-corrected chi connectivity index (χ1v) is 8.47. The lowest BCUT2D eigenvalue weighted by molar-refractivity contribution is -0.146. The molecule has 0 radical (unpaired) electrons. The van der Waals surface area contributed by atoms with Crippen molar-refractivity contribution >= 4 is 35.2 Å². The summed E-state index contributed by atoms with van der Waals surface area (Å²) in [7, 11) is 0. The molecule has 0 saturated carbocycles. The molecule has 0 aliphatic carbocycles. The third-order valence-corrected chi connectivity index (χ3v) is 4.59. The van der Waals surface area contributed by atoms with Crippen LogP contribution in [0.2, 0.25) is 0 Å². The largest absolute Gasteiger partial charge is 0.480 e. The number of nitrogens with zero attached hydrogens (tertiary/aromatic N) is 1. The van der Waals surface area contributed by atoms with Crippen LogP contribution in [0.5, 0.6) is 0 Å². The molecule has 2 rings (SSSR count). The molecule has 1 atom stereocenters. The van der Waals surface area contributed by atoms with Gasteiger partial charge in [-0.2, -0.15) is 0 Å². The van der Waals surface area contributed by atoms with Crippen LogP contribution in [0.3, 0.4) is 0 Å². The van der Waals surface area contributed by atoms with Gasteiger partial charge in [-0.1, -0.05) is 0 Å². The molecule has 7 heteroatoms. The van der Waals surface area contributed by atoms with Crippen molar-refractivity contribution in [3.8, 4) is 0 Å². The third-order valence-electron chi connectivity index (χ3n) is 3.85. The summed E-state index contributed by atoms with van der Waals surface area (Å²) in [6.07, 6.45) is 2.06. The minimum absolute atomic E-state index is 0.0891. The second-order valence-electron chi connectivity index (χ2n) is 6.02. The van der Waals surface area contributed by atoms with Crippen molar-refractivity contribution in [3.05, 3.63) is 24.3 Å². The van der Waals surface area contributed by atoms with Crippen molar-refractivity contribution < 1.29 is 19.5 Å². The Kier molecular flexibility index (Phi) is 4.99. The van der Waals surface area contributed by atoms with E-state index in [-0.39, 0.29) is 18.9 Å². The number of anilines is 1. The number of nitrogens with one attached hydrogen (secondary N) is 1. The molecule has 2 N–H and O–H groups in total. The van der Waals surface area contributed by atoms with E-state index in [1.54, 1.807) is 16.7 Å². The first kappa shape index (κ1) is 17.3. The molecule has 1 aliphatic heterocycles. The molecule has 23 heavy (non-hydrogen) atoms. The van der Waals surface area contributed by atoms with E-state index < -0.39 is 23.3 Å². The molecule has 0 bridgehead atoms. The van der Waals surface area contributed by atoms with Crippen molar-refractivity contribution in [1.82, 2.24) is 5.32 Å². The highest BCUT2D eigenvalue weighted by molar-refractivity contribution is 7.98. The molecule has 0 spiro atoms. The van der Waals surface area contributed by atoms with E-state index in [4.69, 9.17) is 5.11 Å². The number of amides is 2. The smallest absolute Gasteiger partial charge is 0.328 e. The average Bonchev–Trinajstić information content (AvgIpc) is 2.89. The number of rotatable bonds is 5. The Morgan fingerprint density at radius 3 is 2.43 bits per heavy atom. The van der Waals surface area contributed by atoms with Crippen molar-refractivity contribution in [3.63, 3.8) is 0 Å². The first-order chi connectivity index (χ1) is 10.7. The van der Waals surface area contributed by atoms with Gasteiger partial charge in [-0.15, -0.1) is 11.8 Å². The molecule has 1 aromatic carbocycles. The van der Waals surface area contributed by atoms with Gasteiger partial charge in [-0.05, 0) is 44.4 Å². The number of hydrogen-bond donors (Lipinski definition) is 2. The zero-order chi connectivity index (χ0) is 17.2. The Bertz CT molecular complexity index is 627. The first-order valence-electron chi connectivity index (χ1n) is 7.24. The SMILES string of the molecule is CSc1ccc(N2CC(C(=O)NC(C)(C)C(=O)O)CC2=O)cc1. The number of aliphatic carboxylic acids is 1. The second kappa shape index (κ2) is 6.62. The zero-order valence-corrected chi connectivity index (χ0v) is 14.1. The summed E-state index contributed by atoms with van der Waals surface area (Å²) in [5, 5.41) is 11.6. The van der Waals surface area contributed by atoms with Gasteiger partial charge < -0.3 is 15.3 Å². The molecular weight excluding hydrogens is 316 g/mol. The van der Waals surface area contributed by atoms with Crippen LogP contribution in [0.15, 0.2) is 29.2 Å². The molecule has 1 heterocycles. The van der Waals surface area contributed by atoms with Gasteiger partial charge in [0.1, 0.15) is 5.54 Å². The number of carboxylic acid groups (broad SMARTS) is 1.